The van der Waals surface area contributed by atoms with E-state index in [4.69, 9.17) is 4.99 Å². The van der Waals surface area contributed by atoms with Crippen molar-refractivity contribution in [1.29, 1.82) is 0 Å². The van der Waals surface area contributed by atoms with Crippen molar-refractivity contribution < 1.29 is 4.79 Å². The van der Waals surface area contributed by atoms with Crippen LogP contribution in [0.25, 0.3) is 0 Å². The zero-order chi connectivity index (χ0) is 19.8. The third-order valence-electron chi connectivity index (χ3n) is 4.38. The summed E-state index contributed by atoms with van der Waals surface area (Å²) >= 11 is 0. The minimum Gasteiger partial charge on any atom is -0.357 e. The highest BCUT2D eigenvalue weighted by Gasteiger charge is 2.09. The van der Waals surface area contributed by atoms with Gasteiger partial charge in [0.1, 0.15) is 0 Å². The molecule has 0 bridgehead atoms. The van der Waals surface area contributed by atoms with Crippen LogP contribution < -0.4 is 16.0 Å². The Morgan fingerprint density at radius 2 is 1.89 bits per heavy atom. The zero-order valence-electron chi connectivity index (χ0n) is 16.9. The van der Waals surface area contributed by atoms with Crippen LogP contribution in [0.3, 0.4) is 0 Å². The Bertz CT molecular complexity index is 792. The molecule has 0 atom stereocenters. The third kappa shape index (κ3) is 6.13. The van der Waals surface area contributed by atoms with Gasteiger partial charge in [0, 0.05) is 44.0 Å². The van der Waals surface area contributed by atoms with Gasteiger partial charge >= 0.3 is 0 Å². The van der Waals surface area contributed by atoms with E-state index in [0.29, 0.717) is 6.54 Å². The Kier molecular flexibility index (Phi) is 7.40. The lowest BCUT2D eigenvalue weighted by molar-refractivity contribution is -0.114. The van der Waals surface area contributed by atoms with Crippen LogP contribution in [0.1, 0.15) is 36.4 Å². The highest BCUT2D eigenvalue weighted by molar-refractivity contribution is 5.88. The van der Waals surface area contributed by atoms with Gasteiger partial charge in [0.25, 0.3) is 0 Å². The molecule has 0 saturated carbocycles. The number of carbonyl (C=O) groups is 1. The number of nitrogens with zero attached hydrogens (tertiary/aromatic N) is 3. The van der Waals surface area contributed by atoms with Crippen LogP contribution in [0.4, 0.5) is 5.69 Å². The second kappa shape index (κ2) is 9.75. The summed E-state index contributed by atoms with van der Waals surface area (Å²) in [6, 6.07) is 7.90. The van der Waals surface area contributed by atoms with Gasteiger partial charge in [0.05, 0.1) is 12.2 Å². The number of guanidine groups is 1. The molecule has 0 aliphatic rings. The minimum absolute atomic E-state index is 0.0602. The monoisotopic (exact) mass is 370 g/mol. The number of aliphatic imine (C=N–C) groups is 1. The third-order valence-corrected chi connectivity index (χ3v) is 4.38. The molecule has 0 fully saturated rings. The predicted molar refractivity (Wildman–Crippen MR) is 110 cm³/mol. The number of benzene rings is 1. The smallest absolute Gasteiger partial charge is 0.221 e. The largest absolute Gasteiger partial charge is 0.357 e. The van der Waals surface area contributed by atoms with Gasteiger partial charge in [-0.1, -0.05) is 12.1 Å². The molecule has 2 aromatic rings. The van der Waals surface area contributed by atoms with Crippen LogP contribution >= 0.6 is 0 Å². The van der Waals surface area contributed by atoms with E-state index in [1.54, 1.807) is 0 Å². The Labute approximate surface area is 161 Å². The summed E-state index contributed by atoms with van der Waals surface area (Å²) in [6.07, 6.45) is 0.871. The molecule has 0 aliphatic heterocycles. The Morgan fingerprint density at radius 1 is 1.19 bits per heavy atom. The molecule has 146 valence electrons. The summed E-state index contributed by atoms with van der Waals surface area (Å²) in [5.74, 6) is 0.741. The first-order valence-corrected chi connectivity index (χ1v) is 9.28. The standard InChI is InChI=1S/C20H30N6O/c1-6-21-20(23-13-19-14(2)25-26(5)15(19)3)22-12-11-17-7-9-18(10-8-17)24-16(4)27/h7-10H,6,11-13H2,1-5H3,(H,24,27)(H2,21,22,23). The van der Waals surface area contributed by atoms with Crippen LogP contribution in [-0.2, 0) is 24.8 Å². The number of aromatic nitrogens is 2. The number of carbonyl (C=O) groups excluding carboxylic acids is 1. The number of aryl methyl sites for hydroxylation is 2. The van der Waals surface area contributed by atoms with Crippen molar-refractivity contribution in [1.82, 2.24) is 20.4 Å². The number of hydrogen-bond acceptors (Lipinski definition) is 3. The molecule has 7 nitrogen and oxygen atoms in total. The maximum atomic E-state index is 11.1. The normalized spacial score (nSPS) is 11.4. The van der Waals surface area contributed by atoms with Crippen molar-refractivity contribution in [3.05, 3.63) is 46.8 Å². The van der Waals surface area contributed by atoms with Gasteiger partial charge in [0.15, 0.2) is 5.96 Å². The van der Waals surface area contributed by atoms with Gasteiger partial charge in [0.2, 0.25) is 5.91 Å². The average molecular weight is 371 g/mol. The molecule has 0 aliphatic carbocycles. The SMILES string of the molecule is CCNC(=NCc1c(C)nn(C)c1C)NCCc1ccc(NC(C)=O)cc1. The molecule has 1 amide bonds. The summed E-state index contributed by atoms with van der Waals surface area (Å²) in [4.78, 5) is 15.8. The second-order valence-electron chi connectivity index (χ2n) is 6.52. The topological polar surface area (TPSA) is 83.3 Å². The highest BCUT2D eigenvalue weighted by atomic mass is 16.1. The van der Waals surface area contributed by atoms with Crippen molar-refractivity contribution >= 4 is 17.6 Å². The van der Waals surface area contributed by atoms with Gasteiger partial charge < -0.3 is 16.0 Å². The van der Waals surface area contributed by atoms with Crippen molar-refractivity contribution in [3.8, 4) is 0 Å². The molecular weight excluding hydrogens is 340 g/mol. The number of anilines is 1. The molecular formula is C20H30N6O. The molecule has 1 heterocycles. The van der Waals surface area contributed by atoms with E-state index in [1.807, 2.05) is 42.9 Å². The number of hydrogen-bond donors (Lipinski definition) is 3. The molecule has 1 aromatic carbocycles. The van der Waals surface area contributed by atoms with Crippen LogP contribution in [0.15, 0.2) is 29.3 Å². The fourth-order valence-corrected chi connectivity index (χ4v) is 2.83. The van der Waals surface area contributed by atoms with E-state index in [2.05, 4.69) is 34.9 Å². The zero-order valence-corrected chi connectivity index (χ0v) is 16.9. The van der Waals surface area contributed by atoms with Crippen molar-refractivity contribution in [3.63, 3.8) is 0 Å². The van der Waals surface area contributed by atoms with E-state index in [-0.39, 0.29) is 5.91 Å². The second-order valence-corrected chi connectivity index (χ2v) is 6.52. The molecule has 0 radical (unpaired) electrons. The van der Waals surface area contributed by atoms with Crippen LogP contribution in [0, 0.1) is 13.8 Å². The first-order valence-electron chi connectivity index (χ1n) is 9.28. The summed E-state index contributed by atoms with van der Waals surface area (Å²) in [6.45, 7) is 9.83. The summed E-state index contributed by atoms with van der Waals surface area (Å²) in [5.41, 5.74) is 5.35. The van der Waals surface area contributed by atoms with E-state index >= 15 is 0 Å². The number of amides is 1. The van der Waals surface area contributed by atoms with Gasteiger partial charge in [-0.25, -0.2) is 4.99 Å². The van der Waals surface area contributed by atoms with Crippen molar-refractivity contribution in [2.75, 3.05) is 18.4 Å². The van der Waals surface area contributed by atoms with Crippen LogP contribution in [0.2, 0.25) is 0 Å². The maximum Gasteiger partial charge on any atom is 0.221 e. The van der Waals surface area contributed by atoms with Crippen LogP contribution in [-0.4, -0.2) is 34.7 Å². The van der Waals surface area contributed by atoms with Crippen molar-refractivity contribution in [2.45, 2.75) is 40.7 Å². The van der Waals surface area contributed by atoms with E-state index < -0.39 is 0 Å². The summed E-state index contributed by atoms with van der Waals surface area (Å²) < 4.78 is 1.89. The van der Waals surface area contributed by atoms with Gasteiger partial charge in [-0.15, -0.1) is 0 Å². The lowest BCUT2D eigenvalue weighted by Gasteiger charge is -2.12. The lowest BCUT2D eigenvalue weighted by Crippen LogP contribution is -2.38. The molecule has 0 unspecified atom stereocenters. The van der Waals surface area contributed by atoms with Gasteiger partial charge in [-0.2, -0.15) is 5.10 Å². The lowest BCUT2D eigenvalue weighted by atomic mass is 10.1. The Hall–Kier alpha value is -2.83. The number of rotatable bonds is 7. The Balaban J connectivity index is 1.91. The highest BCUT2D eigenvalue weighted by Crippen LogP contribution is 2.13. The maximum absolute atomic E-state index is 11.1. The first-order chi connectivity index (χ1) is 12.9. The fraction of sp³-hybridized carbons (Fsp3) is 0.450. The van der Waals surface area contributed by atoms with Gasteiger partial charge in [-0.3, -0.25) is 9.48 Å². The summed E-state index contributed by atoms with van der Waals surface area (Å²) in [5, 5.41) is 13.9. The number of nitrogens with one attached hydrogen (secondary N) is 3. The molecule has 1 aromatic heterocycles. The quantitative estimate of drug-likeness (QED) is 0.516. The molecule has 3 N–H and O–H groups in total. The molecule has 0 spiro atoms. The van der Waals surface area contributed by atoms with Gasteiger partial charge in [-0.05, 0) is 44.9 Å². The molecule has 27 heavy (non-hydrogen) atoms. The van der Waals surface area contributed by atoms with E-state index in [0.717, 1.165) is 42.5 Å². The molecule has 2 rings (SSSR count). The molecule has 7 heteroatoms. The minimum atomic E-state index is -0.0602. The molecule has 0 saturated heterocycles. The first kappa shape index (κ1) is 20.5. The Morgan fingerprint density at radius 3 is 2.44 bits per heavy atom. The van der Waals surface area contributed by atoms with Crippen LogP contribution in [0.5, 0.6) is 0 Å². The predicted octanol–water partition coefficient (Wildman–Crippen LogP) is 2.29. The summed E-state index contributed by atoms with van der Waals surface area (Å²) in [7, 11) is 1.95. The van der Waals surface area contributed by atoms with Crippen molar-refractivity contribution in [2.24, 2.45) is 12.0 Å². The van der Waals surface area contributed by atoms with E-state index in [1.165, 1.54) is 18.1 Å². The average Bonchev–Trinajstić information content (AvgIpc) is 2.86. The van der Waals surface area contributed by atoms with E-state index in [9.17, 15) is 4.79 Å². The fourth-order valence-electron chi connectivity index (χ4n) is 2.83.